The number of thiazole rings is 1. The Morgan fingerprint density at radius 3 is 2.59 bits per heavy atom. The number of aliphatic carboxylic acids is 1. The van der Waals surface area contributed by atoms with E-state index < -0.39 is 12.3 Å². The van der Waals surface area contributed by atoms with Crippen LogP contribution in [0.5, 0.6) is 5.75 Å². The SMILES string of the molecule is Cc1nc(SCc2cc(-c3ccc(OC(F)(F)F)cc3)oc2C)sc1CC(=O)O. The molecule has 29 heavy (non-hydrogen) atoms. The van der Waals surface area contributed by atoms with Gasteiger partial charge in [-0.25, -0.2) is 4.98 Å². The van der Waals surface area contributed by atoms with Gasteiger partial charge in [-0.2, -0.15) is 0 Å². The molecule has 0 atom stereocenters. The number of carboxylic acid groups (broad SMARTS) is 1. The van der Waals surface area contributed by atoms with Gasteiger partial charge in [0.15, 0.2) is 4.34 Å². The van der Waals surface area contributed by atoms with Gasteiger partial charge in [0.2, 0.25) is 0 Å². The van der Waals surface area contributed by atoms with Crippen LogP contribution in [-0.2, 0) is 17.0 Å². The van der Waals surface area contributed by atoms with Crippen molar-refractivity contribution in [3.63, 3.8) is 0 Å². The summed E-state index contributed by atoms with van der Waals surface area (Å²) in [6.07, 6.45) is -4.78. The zero-order chi connectivity index (χ0) is 21.2. The molecule has 3 rings (SSSR count). The largest absolute Gasteiger partial charge is 0.573 e. The van der Waals surface area contributed by atoms with Crippen LogP contribution in [0, 0.1) is 13.8 Å². The number of carboxylic acids is 1. The molecule has 1 aromatic carbocycles. The molecule has 0 aliphatic heterocycles. The number of aromatic nitrogens is 1. The number of rotatable bonds is 7. The first-order chi connectivity index (χ1) is 13.6. The summed E-state index contributed by atoms with van der Waals surface area (Å²) in [5.74, 6) is 0.622. The number of furan rings is 1. The molecule has 0 radical (unpaired) electrons. The smallest absolute Gasteiger partial charge is 0.481 e. The highest BCUT2D eigenvalue weighted by Crippen LogP contribution is 2.34. The average Bonchev–Trinajstić information content (AvgIpc) is 3.14. The molecular weight excluding hydrogens is 427 g/mol. The average molecular weight is 443 g/mol. The van der Waals surface area contributed by atoms with Crippen molar-refractivity contribution < 1.29 is 32.2 Å². The number of aryl methyl sites for hydroxylation is 2. The Labute approximate surface area is 172 Å². The Morgan fingerprint density at radius 2 is 1.97 bits per heavy atom. The second-order valence-corrected chi connectivity index (χ2v) is 8.42. The fraction of sp³-hybridized carbons (Fsp3) is 0.263. The molecule has 0 fully saturated rings. The standard InChI is InChI=1S/C19H16F3NO4S2/c1-10-16(8-17(24)25)29-18(23-10)28-9-13-7-15(26-11(13)2)12-3-5-14(6-4-12)27-19(20,21)22/h3-7H,8-9H2,1-2H3,(H,24,25). The van der Waals surface area contributed by atoms with Crippen molar-refractivity contribution in [1.29, 1.82) is 0 Å². The number of alkyl halides is 3. The molecule has 2 heterocycles. The first-order valence-corrected chi connectivity index (χ1v) is 10.2. The number of thioether (sulfide) groups is 1. The third kappa shape index (κ3) is 5.77. The summed E-state index contributed by atoms with van der Waals surface area (Å²) in [7, 11) is 0. The van der Waals surface area contributed by atoms with Crippen molar-refractivity contribution >= 4 is 29.1 Å². The first kappa shape index (κ1) is 21.3. The van der Waals surface area contributed by atoms with Crippen molar-refractivity contribution in [3.8, 4) is 17.1 Å². The maximum absolute atomic E-state index is 12.3. The number of nitrogens with zero attached hydrogens (tertiary/aromatic N) is 1. The van der Waals surface area contributed by atoms with Crippen molar-refractivity contribution in [2.45, 2.75) is 36.7 Å². The normalized spacial score (nSPS) is 11.6. The second-order valence-electron chi connectivity index (χ2n) is 6.11. The summed E-state index contributed by atoms with van der Waals surface area (Å²) < 4.78 is 47.2. The highest BCUT2D eigenvalue weighted by atomic mass is 32.2. The quantitative estimate of drug-likeness (QED) is 0.463. The molecule has 1 N–H and O–H groups in total. The lowest BCUT2D eigenvalue weighted by molar-refractivity contribution is -0.274. The van der Waals surface area contributed by atoms with Crippen LogP contribution >= 0.6 is 23.1 Å². The fourth-order valence-corrected chi connectivity index (χ4v) is 4.79. The molecule has 0 saturated carbocycles. The lowest BCUT2D eigenvalue weighted by atomic mass is 10.1. The molecule has 0 bridgehead atoms. The first-order valence-electron chi connectivity index (χ1n) is 8.37. The number of halogens is 3. The molecule has 3 aromatic rings. The molecule has 5 nitrogen and oxygen atoms in total. The predicted molar refractivity (Wildman–Crippen MR) is 103 cm³/mol. The van der Waals surface area contributed by atoms with E-state index in [0.717, 1.165) is 14.8 Å². The maximum Gasteiger partial charge on any atom is 0.573 e. The molecule has 0 unspecified atom stereocenters. The molecular formula is C19H16F3NO4S2. The minimum atomic E-state index is -4.73. The maximum atomic E-state index is 12.3. The molecule has 0 spiro atoms. The van der Waals surface area contributed by atoms with E-state index in [-0.39, 0.29) is 12.2 Å². The molecule has 0 amide bonds. The summed E-state index contributed by atoms with van der Waals surface area (Å²) in [5, 5.41) is 8.92. The van der Waals surface area contributed by atoms with Gasteiger partial charge < -0.3 is 14.3 Å². The topological polar surface area (TPSA) is 72.6 Å². The van der Waals surface area contributed by atoms with Gasteiger partial charge in [-0.15, -0.1) is 24.5 Å². The van der Waals surface area contributed by atoms with E-state index in [2.05, 4.69) is 9.72 Å². The lowest BCUT2D eigenvalue weighted by Crippen LogP contribution is -2.16. The van der Waals surface area contributed by atoms with Gasteiger partial charge in [-0.1, -0.05) is 11.8 Å². The molecule has 0 aliphatic rings. The Balaban J connectivity index is 1.68. The van der Waals surface area contributed by atoms with Gasteiger partial charge in [-0.3, -0.25) is 4.79 Å². The third-order valence-electron chi connectivity index (χ3n) is 3.93. The van der Waals surface area contributed by atoms with Gasteiger partial charge in [0.05, 0.1) is 12.1 Å². The third-order valence-corrected chi connectivity index (χ3v) is 6.28. The van der Waals surface area contributed by atoms with Gasteiger partial charge >= 0.3 is 12.3 Å². The Hall–Kier alpha value is -2.46. The zero-order valence-corrected chi connectivity index (χ0v) is 17.0. The van der Waals surface area contributed by atoms with Crippen molar-refractivity contribution in [3.05, 3.63) is 52.2 Å². The summed E-state index contributed by atoms with van der Waals surface area (Å²) in [6, 6.07) is 7.30. The van der Waals surface area contributed by atoms with E-state index in [4.69, 9.17) is 9.52 Å². The van der Waals surface area contributed by atoms with Crippen LogP contribution in [0.15, 0.2) is 39.1 Å². The van der Waals surface area contributed by atoms with Gasteiger partial charge in [0, 0.05) is 21.8 Å². The Bertz CT molecular complexity index is 1010. The van der Waals surface area contributed by atoms with E-state index in [1.807, 2.05) is 13.0 Å². The fourth-order valence-electron chi connectivity index (χ4n) is 2.53. The summed E-state index contributed by atoms with van der Waals surface area (Å²) >= 11 is 2.83. The van der Waals surface area contributed by atoms with Gasteiger partial charge in [0.1, 0.15) is 17.3 Å². The van der Waals surface area contributed by atoms with Crippen molar-refractivity contribution in [2.75, 3.05) is 0 Å². The highest BCUT2D eigenvalue weighted by Gasteiger charge is 2.31. The van der Waals surface area contributed by atoms with Gasteiger partial charge in [-0.05, 0) is 44.2 Å². The molecule has 0 saturated heterocycles. The van der Waals surface area contributed by atoms with Crippen LogP contribution in [-0.4, -0.2) is 22.4 Å². The van der Waals surface area contributed by atoms with Crippen molar-refractivity contribution in [1.82, 2.24) is 4.98 Å². The summed E-state index contributed by atoms with van der Waals surface area (Å²) in [5.41, 5.74) is 2.27. The number of hydrogen-bond acceptors (Lipinski definition) is 6. The van der Waals surface area contributed by atoms with Crippen LogP contribution in [0.4, 0.5) is 13.2 Å². The van der Waals surface area contributed by atoms with Crippen LogP contribution in [0.25, 0.3) is 11.3 Å². The molecule has 10 heteroatoms. The Kier molecular flexibility index (Phi) is 6.23. The monoisotopic (exact) mass is 443 g/mol. The van der Waals surface area contributed by atoms with Gasteiger partial charge in [0.25, 0.3) is 0 Å². The number of ether oxygens (including phenoxy) is 1. The number of benzene rings is 1. The predicted octanol–water partition coefficient (Wildman–Crippen LogP) is 5.84. The van der Waals surface area contributed by atoms with E-state index in [1.165, 1.54) is 47.4 Å². The van der Waals surface area contributed by atoms with E-state index in [0.29, 0.717) is 28.5 Å². The molecule has 2 aromatic heterocycles. The van der Waals surface area contributed by atoms with Crippen LogP contribution in [0.1, 0.15) is 21.9 Å². The minimum Gasteiger partial charge on any atom is -0.481 e. The minimum absolute atomic E-state index is 0.0486. The molecule has 154 valence electrons. The second kappa shape index (κ2) is 8.50. The summed E-state index contributed by atoms with van der Waals surface area (Å²) in [4.78, 5) is 16.0. The molecule has 0 aliphatic carbocycles. The van der Waals surface area contributed by atoms with Crippen LogP contribution < -0.4 is 4.74 Å². The van der Waals surface area contributed by atoms with E-state index in [9.17, 15) is 18.0 Å². The van der Waals surface area contributed by atoms with Crippen molar-refractivity contribution in [2.24, 2.45) is 0 Å². The van der Waals surface area contributed by atoms with Crippen LogP contribution in [0.2, 0.25) is 0 Å². The van der Waals surface area contributed by atoms with Crippen LogP contribution in [0.3, 0.4) is 0 Å². The van der Waals surface area contributed by atoms with E-state index >= 15 is 0 Å². The highest BCUT2D eigenvalue weighted by molar-refractivity contribution is 8.00. The number of carbonyl (C=O) groups is 1. The summed E-state index contributed by atoms with van der Waals surface area (Å²) in [6.45, 7) is 3.59. The Morgan fingerprint density at radius 1 is 1.28 bits per heavy atom. The lowest BCUT2D eigenvalue weighted by Gasteiger charge is -2.08. The van der Waals surface area contributed by atoms with E-state index in [1.54, 1.807) is 6.92 Å². The number of hydrogen-bond donors (Lipinski definition) is 1. The zero-order valence-electron chi connectivity index (χ0n) is 15.4.